The second-order valence-electron chi connectivity index (χ2n) is 4.97. The first-order valence-corrected chi connectivity index (χ1v) is 7.79. The highest BCUT2D eigenvalue weighted by Gasteiger charge is 2.28. The summed E-state index contributed by atoms with van der Waals surface area (Å²) in [7, 11) is -0.629. The molecule has 21 heavy (non-hydrogen) atoms. The lowest BCUT2D eigenvalue weighted by molar-refractivity contribution is -0.0490. The standard InChI is InChI=1S/C13H20F2N2O3S/c1-10(16-8-13(14,15)9-18)11-4-6-12(7-5-11)21(19,20)17(2)3/h4-7,10,16,18H,8-9H2,1-3H3. The molecule has 0 aromatic heterocycles. The van der Waals surface area contributed by atoms with Crippen LogP contribution in [0.1, 0.15) is 18.5 Å². The van der Waals surface area contributed by atoms with E-state index in [9.17, 15) is 17.2 Å². The van der Waals surface area contributed by atoms with Crippen molar-refractivity contribution in [3.63, 3.8) is 0 Å². The summed E-state index contributed by atoms with van der Waals surface area (Å²) in [6.45, 7) is -0.182. The molecule has 1 rings (SSSR count). The van der Waals surface area contributed by atoms with Crippen LogP contribution in [-0.4, -0.2) is 51.0 Å². The molecule has 2 N–H and O–H groups in total. The number of sulfonamides is 1. The van der Waals surface area contributed by atoms with E-state index in [0.29, 0.717) is 5.56 Å². The quantitative estimate of drug-likeness (QED) is 0.792. The van der Waals surface area contributed by atoms with Crippen molar-refractivity contribution in [1.82, 2.24) is 9.62 Å². The van der Waals surface area contributed by atoms with Gasteiger partial charge in [0.15, 0.2) is 0 Å². The van der Waals surface area contributed by atoms with E-state index in [1.165, 1.54) is 26.2 Å². The Balaban J connectivity index is 2.79. The van der Waals surface area contributed by atoms with Crippen LogP contribution in [0.3, 0.4) is 0 Å². The molecule has 8 heteroatoms. The van der Waals surface area contributed by atoms with Gasteiger partial charge in [-0.25, -0.2) is 21.5 Å². The van der Waals surface area contributed by atoms with Crippen molar-refractivity contribution in [2.75, 3.05) is 27.2 Å². The van der Waals surface area contributed by atoms with Gasteiger partial charge in [0.1, 0.15) is 6.61 Å². The minimum atomic E-state index is -3.50. The van der Waals surface area contributed by atoms with Crippen molar-refractivity contribution in [3.05, 3.63) is 29.8 Å². The number of halogens is 2. The fourth-order valence-electron chi connectivity index (χ4n) is 1.62. The Morgan fingerprint density at radius 2 is 1.81 bits per heavy atom. The summed E-state index contributed by atoms with van der Waals surface area (Å²) >= 11 is 0. The van der Waals surface area contributed by atoms with Gasteiger partial charge in [-0.05, 0) is 24.6 Å². The van der Waals surface area contributed by atoms with Gasteiger partial charge in [0.05, 0.1) is 11.4 Å². The van der Waals surface area contributed by atoms with Crippen LogP contribution in [0.4, 0.5) is 8.78 Å². The number of aliphatic hydroxyl groups is 1. The van der Waals surface area contributed by atoms with E-state index in [-0.39, 0.29) is 4.90 Å². The summed E-state index contributed by atoms with van der Waals surface area (Å²) in [4.78, 5) is 0.143. The maximum Gasteiger partial charge on any atom is 0.282 e. The Kier molecular flexibility index (Phi) is 5.80. The molecule has 0 saturated heterocycles. The zero-order valence-corrected chi connectivity index (χ0v) is 13.0. The summed E-state index contributed by atoms with van der Waals surface area (Å²) in [6.07, 6.45) is 0. The van der Waals surface area contributed by atoms with E-state index >= 15 is 0 Å². The first kappa shape index (κ1) is 18.0. The fraction of sp³-hybridized carbons (Fsp3) is 0.538. The van der Waals surface area contributed by atoms with Crippen LogP contribution >= 0.6 is 0 Å². The molecular weight excluding hydrogens is 302 g/mol. The SMILES string of the molecule is CC(NCC(F)(F)CO)c1ccc(S(=O)(=O)N(C)C)cc1. The third kappa shape index (κ3) is 4.70. The second kappa shape index (κ2) is 6.78. The second-order valence-corrected chi connectivity index (χ2v) is 7.12. The van der Waals surface area contributed by atoms with E-state index in [2.05, 4.69) is 5.32 Å². The monoisotopic (exact) mass is 322 g/mol. The Morgan fingerprint density at radius 1 is 1.29 bits per heavy atom. The number of benzene rings is 1. The number of rotatable bonds is 7. The van der Waals surface area contributed by atoms with Crippen LogP contribution in [0.2, 0.25) is 0 Å². The van der Waals surface area contributed by atoms with Crippen LogP contribution < -0.4 is 5.32 Å². The number of nitrogens with zero attached hydrogens (tertiary/aromatic N) is 1. The third-order valence-corrected chi connectivity index (χ3v) is 4.89. The molecule has 0 aliphatic heterocycles. The lowest BCUT2D eigenvalue weighted by Gasteiger charge is -2.19. The summed E-state index contributed by atoms with van der Waals surface area (Å²) in [5.74, 6) is -3.18. The minimum absolute atomic E-state index is 0.143. The Hall–Kier alpha value is -1.09. The molecule has 0 amide bonds. The first-order chi connectivity index (χ1) is 9.60. The van der Waals surface area contributed by atoms with E-state index in [4.69, 9.17) is 5.11 Å². The molecule has 0 saturated carbocycles. The zero-order valence-electron chi connectivity index (χ0n) is 12.2. The van der Waals surface area contributed by atoms with Gasteiger partial charge in [-0.3, -0.25) is 0 Å². The van der Waals surface area contributed by atoms with Crippen LogP contribution in [-0.2, 0) is 10.0 Å². The van der Waals surface area contributed by atoms with Crippen molar-refractivity contribution < 1.29 is 22.3 Å². The number of aliphatic hydroxyl groups excluding tert-OH is 1. The van der Waals surface area contributed by atoms with Gasteiger partial charge >= 0.3 is 0 Å². The molecule has 120 valence electrons. The predicted molar refractivity (Wildman–Crippen MR) is 75.8 cm³/mol. The van der Waals surface area contributed by atoms with Crippen molar-refractivity contribution in [1.29, 1.82) is 0 Å². The van der Waals surface area contributed by atoms with Gasteiger partial charge in [-0.15, -0.1) is 0 Å². The third-order valence-electron chi connectivity index (χ3n) is 3.06. The highest BCUT2D eigenvalue weighted by Crippen LogP contribution is 2.19. The summed E-state index contributed by atoms with van der Waals surface area (Å²) in [5.41, 5.74) is 0.682. The molecule has 1 aromatic rings. The summed E-state index contributed by atoms with van der Waals surface area (Å²) < 4.78 is 50.8. The Labute approximate surface area is 123 Å². The highest BCUT2D eigenvalue weighted by molar-refractivity contribution is 7.89. The highest BCUT2D eigenvalue weighted by atomic mass is 32.2. The molecule has 0 radical (unpaired) electrons. The zero-order chi connectivity index (χ0) is 16.3. The molecule has 0 heterocycles. The summed E-state index contributed by atoms with van der Waals surface area (Å²) in [5, 5.41) is 11.1. The molecule has 0 bridgehead atoms. The van der Waals surface area contributed by atoms with Gasteiger partial charge in [-0.1, -0.05) is 12.1 Å². The molecular formula is C13H20F2N2O3S. The van der Waals surface area contributed by atoms with Gasteiger partial charge in [-0.2, -0.15) is 0 Å². The first-order valence-electron chi connectivity index (χ1n) is 6.35. The van der Waals surface area contributed by atoms with Crippen LogP contribution in [0, 0.1) is 0 Å². The normalized spacial score (nSPS) is 14.4. The lowest BCUT2D eigenvalue weighted by Crippen LogP contribution is -2.37. The average molecular weight is 322 g/mol. The fourth-order valence-corrected chi connectivity index (χ4v) is 2.52. The minimum Gasteiger partial charge on any atom is -0.390 e. The molecule has 1 aromatic carbocycles. The smallest absolute Gasteiger partial charge is 0.282 e. The summed E-state index contributed by atoms with van der Waals surface area (Å²) in [6, 6.07) is 5.63. The van der Waals surface area contributed by atoms with Crippen molar-refractivity contribution in [2.24, 2.45) is 0 Å². The van der Waals surface area contributed by atoms with E-state index in [1.54, 1.807) is 19.1 Å². The maximum absolute atomic E-state index is 12.9. The number of alkyl halides is 2. The van der Waals surface area contributed by atoms with Gasteiger partial charge in [0.2, 0.25) is 10.0 Å². The van der Waals surface area contributed by atoms with E-state index in [1.807, 2.05) is 0 Å². The molecule has 0 fully saturated rings. The van der Waals surface area contributed by atoms with E-state index < -0.39 is 35.1 Å². The number of hydrogen-bond donors (Lipinski definition) is 2. The molecule has 1 unspecified atom stereocenters. The van der Waals surface area contributed by atoms with Crippen molar-refractivity contribution >= 4 is 10.0 Å². The lowest BCUT2D eigenvalue weighted by atomic mass is 10.1. The van der Waals surface area contributed by atoms with Crippen LogP contribution in [0.5, 0.6) is 0 Å². The Morgan fingerprint density at radius 3 is 2.24 bits per heavy atom. The Bertz CT molecular complexity index is 559. The van der Waals surface area contributed by atoms with Crippen molar-refractivity contribution in [3.8, 4) is 0 Å². The maximum atomic E-state index is 12.9. The largest absolute Gasteiger partial charge is 0.390 e. The van der Waals surface area contributed by atoms with Crippen molar-refractivity contribution in [2.45, 2.75) is 23.8 Å². The van der Waals surface area contributed by atoms with Gasteiger partial charge in [0, 0.05) is 20.1 Å². The van der Waals surface area contributed by atoms with E-state index in [0.717, 1.165) is 4.31 Å². The van der Waals surface area contributed by atoms with Gasteiger partial charge < -0.3 is 10.4 Å². The average Bonchev–Trinajstić information content (AvgIpc) is 2.44. The molecule has 0 aliphatic carbocycles. The molecule has 5 nitrogen and oxygen atoms in total. The van der Waals surface area contributed by atoms with Crippen LogP contribution in [0.25, 0.3) is 0 Å². The number of nitrogens with one attached hydrogen (secondary N) is 1. The molecule has 0 aliphatic rings. The molecule has 1 atom stereocenters. The van der Waals surface area contributed by atoms with Crippen LogP contribution in [0.15, 0.2) is 29.2 Å². The number of hydrogen-bond acceptors (Lipinski definition) is 4. The molecule has 0 spiro atoms. The van der Waals surface area contributed by atoms with Gasteiger partial charge in [0.25, 0.3) is 5.92 Å². The predicted octanol–water partition coefficient (Wildman–Crippen LogP) is 1.22. The topological polar surface area (TPSA) is 69.6 Å².